The minimum absolute atomic E-state index is 0.0271. The lowest BCUT2D eigenvalue weighted by molar-refractivity contribution is 0.637. The summed E-state index contributed by atoms with van der Waals surface area (Å²) in [5, 5.41) is 0. The predicted octanol–water partition coefficient (Wildman–Crippen LogP) is 2.68. The van der Waals surface area contributed by atoms with E-state index >= 15 is 0 Å². The number of nitrogens with two attached hydrogens (primary N) is 1. The van der Waals surface area contributed by atoms with Gasteiger partial charge in [-0.05, 0) is 31.9 Å². The second-order valence-corrected chi connectivity index (χ2v) is 4.99. The Labute approximate surface area is 100 Å². The highest BCUT2D eigenvalue weighted by Crippen LogP contribution is 2.40. The van der Waals surface area contributed by atoms with Crippen LogP contribution < -0.4 is 5.73 Å². The van der Waals surface area contributed by atoms with Crippen molar-refractivity contribution in [3.63, 3.8) is 0 Å². The highest BCUT2D eigenvalue weighted by molar-refractivity contribution is 7.80. The summed E-state index contributed by atoms with van der Waals surface area (Å²) in [7, 11) is 0. The lowest BCUT2D eigenvalue weighted by Gasteiger charge is -2.10. The van der Waals surface area contributed by atoms with Gasteiger partial charge in [-0.15, -0.1) is 12.6 Å². The molecule has 0 saturated heterocycles. The molecule has 1 saturated carbocycles. The van der Waals surface area contributed by atoms with Crippen molar-refractivity contribution in [3.05, 3.63) is 24.0 Å². The number of para-hydroxylation sites is 1. The number of hydrogen-bond donors (Lipinski definition) is 2. The van der Waals surface area contributed by atoms with Crippen LogP contribution in [0.2, 0.25) is 0 Å². The van der Waals surface area contributed by atoms with E-state index in [-0.39, 0.29) is 6.04 Å². The van der Waals surface area contributed by atoms with Crippen LogP contribution in [0.5, 0.6) is 0 Å². The average molecular weight is 233 g/mol. The van der Waals surface area contributed by atoms with Gasteiger partial charge in [-0.1, -0.05) is 6.07 Å². The second-order valence-electron chi connectivity index (χ2n) is 4.50. The molecular weight excluding hydrogens is 218 g/mol. The van der Waals surface area contributed by atoms with Gasteiger partial charge in [0.15, 0.2) is 0 Å². The van der Waals surface area contributed by atoms with Gasteiger partial charge >= 0.3 is 0 Å². The van der Waals surface area contributed by atoms with E-state index in [2.05, 4.69) is 22.2 Å². The molecule has 1 aliphatic rings. The molecule has 0 bridgehead atoms. The number of aromatic nitrogens is 2. The third-order valence-corrected chi connectivity index (χ3v) is 3.40. The summed E-state index contributed by atoms with van der Waals surface area (Å²) >= 11 is 4.52. The van der Waals surface area contributed by atoms with E-state index in [4.69, 9.17) is 5.73 Å². The Morgan fingerprint density at radius 2 is 2.25 bits per heavy atom. The van der Waals surface area contributed by atoms with Crippen molar-refractivity contribution in [1.29, 1.82) is 0 Å². The molecule has 2 N–H and O–H groups in total. The Balaban J connectivity index is 2.34. The predicted molar refractivity (Wildman–Crippen MR) is 67.9 cm³/mol. The van der Waals surface area contributed by atoms with Crippen molar-refractivity contribution in [2.24, 2.45) is 5.73 Å². The maximum absolute atomic E-state index is 5.99. The fourth-order valence-corrected chi connectivity index (χ4v) is 2.48. The van der Waals surface area contributed by atoms with Crippen LogP contribution in [0.4, 0.5) is 0 Å². The van der Waals surface area contributed by atoms with E-state index in [0.717, 1.165) is 21.8 Å². The Morgan fingerprint density at radius 1 is 1.50 bits per heavy atom. The smallest absolute Gasteiger partial charge is 0.126 e. The van der Waals surface area contributed by atoms with Crippen LogP contribution in [-0.4, -0.2) is 9.55 Å². The van der Waals surface area contributed by atoms with Crippen molar-refractivity contribution >= 4 is 23.7 Å². The van der Waals surface area contributed by atoms with Crippen LogP contribution in [0, 0.1) is 0 Å². The summed E-state index contributed by atoms with van der Waals surface area (Å²) in [5.74, 6) is 0.985. The second kappa shape index (κ2) is 3.50. The number of fused-ring (bicyclic) bond motifs is 1. The zero-order chi connectivity index (χ0) is 11.3. The molecular formula is C12H15N3S. The fourth-order valence-electron chi connectivity index (χ4n) is 2.17. The van der Waals surface area contributed by atoms with Crippen LogP contribution >= 0.6 is 12.6 Å². The normalized spacial score (nSPS) is 17.9. The molecule has 1 aromatic carbocycles. The maximum Gasteiger partial charge on any atom is 0.126 e. The Kier molecular flexibility index (Phi) is 2.23. The number of benzene rings is 1. The minimum Gasteiger partial charge on any atom is -0.323 e. The highest BCUT2D eigenvalue weighted by Gasteiger charge is 2.29. The largest absolute Gasteiger partial charge is 0.323 e. The van der Waals surface area contributed by atoms with E-state index in [1.54, 1.807) is 0 Å². The molecule has 0 radical (unpaired) electrons. The topological polar surface area (TPSA) is 43.8 Å². The molecule has 0 spiro atoms. The average Bonchev–Trinajstić information content (AvgIpc) is 2.99. The molecule has 3 rings (SSSR count). The lowest BCUT2D eigenvalue weighted by Crippen LogP contribution is -2.12. The molecule has 0 unspecified atom stereocenters. The number of rotatable bonds is 2. The van der Waals surface area contributed by atoms with Gasteiger partial charge in [0, 0.05) is 10.9 Å². The molecule has 16 heavy (non-hydrogen) atoms. The van der Waals surface area contributed by atoms with E-state index < -0.39 is 0 Å². The van der Waals surface area contributed by atoms with E-state index in [0.29, 0.717) is 6.04 Å². The summed E-state index contributed by atoms with van der Waals surface area (Å²) in [6.45, 7) is 1.98. The third-order valence-electron chi connectivity index (χ3n) is 3.04. The Bertz CT molecular complexity index is 540. The highest BCUT2D eigenvalue weighted by atomic mass is 32.1. The first kappa shape index (κ1) is 10.2. The molecule has 3 nitrogen and oxygen atoms in total. The molecule has 2 aromatic rings. The first-order chi connectivity index (χ1) is 7.68. The van der Waals surface area contributed by atoms with Crippen LogP contribution in [0.15, 0.2) is 23.1 Å². The van der Waals surface area contributed by atoms with Gasteiger partial charge in [0.25, 0.3) is 0 Å². The summed E-state index contributed by atoms with van der Waals surface area (Å²) in [6.07, 6.45) is 2.46. The zero-order valence-corrected chi connectivity index (χ0v) is 10.1. The molecule has 1 aliphatic carbocycles. The SMILES string of the molecule is C[C@H](N)c1nc2cccc(S)c2n1C1CC1. The van der Waals surface area contributed by atoms with Gasteiger partial charge in [-0.2, -0.15) is 0 Å². The van der Waals surface area contributed by atoms with Gasteiger partial charge in [-0.25, -0.2) is 4.98 Å². The number of nitrogens with zero attached hydrogens (tertiary/aromatic N) is 2. The first-order valence-corrected chi connectivity index (χ1v) is 6.08. The van der Waals surface area contributed by atoms with E-state index in [1.807, 2.05) is 25.1 Å². The summed E-state index contributed by atoms with van der Waals surface area (Å²) in [6, 6.07) is 6.58. The standard InChI is InChI=1S/C12H15N3S/c1-7(13)12-14-9-3-2-4-10(16)11(9)15(12)8-5-6-8/h2-4,7-8,16H,5-6,13H2,1H3/t7-/m0/s1. The van der Waals surface area contributed by atoms with Crippen LogP contribution in [0.25, 0.3) is 11.0 Å². The minimum atomic E-state index is -0.0271. The van der Waals surface area contributed by atoms with Crippen molar-refractivity contribution in [2.75, 3.05) is 0 Å². The van der Waals surface area contributed by atoms with Gasteiger partial charge in [0.05, 0.1) is 17.1 Å². The van der Waals surface area contributed by atoms with Gasteiger partial charge in [0.1, 0.15) is 5.82 Å². The Morgan fingerprint density at radius 3 is 2.88 bits per heavy atom. The van der Waals surface area contributed by atoms with E-state index in [1.165, 1.54) is 12.8 Å². The van der Waals surface area contributed by atoms with Crippen molar-refractivity contribution in [2.45, 2.75) is 36.7 Å². The molecule has 4 heteroatoms. The summed E-state index contributed by atoms with van der Waals surface area (Å²) in [4.78, 5) is 5.61. The molecule has 1 heterocycles. The molecule has 1 aromatic heterocycles. The third kappa shape index (κ3) is 1.44. The van der Waals surface area contributed by atoms with Crippen molar-refractivity contribution in [1.82, 2.24) is 9.55 Å². The molecule has 0 aliphatic heterocycles. The quantitative estimate of drug-likeness (QED) is 0.783. The number of imidazole rings is 1. The number of thiol groups is 1. The molecule has 0 amide bonds. The van der Waals surface area contributed by atoms with Crippen LogP contribution in [-0.2, 0) is 0 Å². The van der Waals surface area contributed by atoms with E-state index in [9.17, 15) is 0 Å². The van der Waals surface area contributed by atoms with Crippen LogP contribution in [0.3, 0.4) is 0 Å². The fraction of sp³-hybridized carbons (Fsp3) is 0.417. The monoisotopic (exact) mass is 233 g/mol. The summed E-state index contributed by atoms with van der Waals surface area (Å²) < 4.78 is 2.28. The zero-order valence-electron chi connectivity index (χ0n) is 9.22. The van der Waals surface area contributed by atoms with Crippen molar-refractivity contribution in [3.8, 4) is 0 Å². The van der Waals surface area contributed by atoms with Gasteiger partial charge in [0.2, 0.25) is 0 Å². The van der Waals surface area contributed by atoms with Crippen LogP contribution in [0.1, 0.15) is 37.7 Å². The molecule has 1 atom stereocenters. The molecule has 1 fully saturated rings. The van der Waals surface area contributed by atoms with Crippen molar-refractivity contribution < 1.29 is 0 Å². The lowest BCUT2D eigenvalue weighted by atomic mass is 10.3. The Hall–Kier alpha value is -1.00. The summed E-state index contributed by atoms with van der Waals surface area (Å²) in [5.41, 5.74) is 8.13. The molecule has 84 valence electrons. The number of hydrogen-bond acceptors (Lipinski definition) is 3. The van der Waals surface area contributed by atoms with Gasteiger partial charge in [-0.3, -0.25) is 0 Å². The van der Waals surface area contributed by atoms with Gasteiger partial charge < -0.3 is 10.3 Å². The first-order valence-electron chi connectivity index (χ1n) is 5.64. The maximum atomic E-state index is 5.99.